The molecule has 3 atom stereocenters. The molecule has 2 aromatic rings. The molecule has 212 valence electrons. The normalized spacial score (nSPS) is 16.3. The first-order chi connectivity index (χ1) is 18.6. The molecule has 10 nitrogen and oxygen atoms in total. The molecule has 2 amide bonds. The van der Waals surface area contributed by atoms with Crippen molar-refractivity contribution in [1.82, 2.24) is 15.8 Å². The highest BCUT2D eigenvalue weighted by atomic mass is 16.5. The lowest BCUT2D eigenvalue weighted by Gasteiger charge is -2.26. The van der Waals surface area contributed by atoms with Gasteiger partial charge in [-0.25, -0.2) is 0 Å². The molecule has 1 fully saturated rings. The van der Waals surface area contributed by atoms with Crippen LogP contribution in [0.25, 0.3) is 0 Å². The highest BCUT2D eigenvalue weighted by molar-refractivity contribution is 5.98. The van der Waals surface area contributed by atoms with E-state index < -0.39 is 41.7 Å². The van der Waals surface area contributed by atoms with Gasteiger partial charge in [-0.3, -0.25) is 19.2 Å². The number of ether oxygens (including phenoxy) is 1. The number of Topliss-reactive ketones (excluding diaryl/α,β-unsaturated/α-hetero) is 2. The van der Waals surface area contributed by atoms with E-state index in [1.807, 2.05) is 51.1 Å². The van der Waals surface area contributed by atoms with Gasteiger partial charge in [0.2, 0.25) is 5.91 Å². The summed E-state index contributed by atoms with van der Waals surface area (Å²) in [5.41, 5.74) is 0.385. The van der Waals surface area contributed by atoms with Crippen molar-refractivity contribution in [2.45, 2.75) is 71.6 Å². The maximum absolute atomic E-state index is 13.6. The number of methoxy groups -OCH3 is 1. The van der Waals surface area contributed by atoms with Crippen molar-refractivity contribution in [2.24, 2.45) is 17.3 Å². The number of ketones is 2. The number of carbonyl (C=O) groups is 4. The van der Waals surface area contributed by atoms with Gasteiger partial charge in [0.25, 0.3) is 5.91 Å². The Morgan fingerprint density at radius 2 is 1.79 bits per heavy atom. The van der Waals surface area contributed by atoms with Crippen LogP contribution in [0.15, 0.2) is 40.9 Å². The summed E-state index contributed by atoms with van der Waals surface area (Å²) >= 11 is 0. The number of rotatable bonds is 16. The molecule has 3 rings (SSSR count). The number of benzene rings is 1. The van der Waals surface area contributed by atoms with Gasteiger partial charge in [0, 0.05) is 30.9 Å². The molecule has 1 heterocycles. The summed E-state index contributed by atoms with van der Waals surface area (Å²) in [6.07, 6.45) is 2.25. The van der Waals surface area contributed by atoms with Crippen LogP contribution in [0.3, 0.4) is 0 Å². The van der Waals surface area contributed by atoms with Crippen molar-refractivity contribution in [2.75, 3.05) is 13.7 Å². The largest absolute Gasteiger partial charge is 0.388 e. The van der Waals surface area contributed by atoms with Crippen molar-refractivity contribution < 1.29 is 33.5 Å². The van der Waals surface area contributed by atoms with Crippen molar-refractivity contribution in [3.63, 3.8) is 0 Å². The van der Waals surface area contributed by atoms with E-state index in [0.717, 1.165) is 18.4 Å². The fraction of sp³-hybridized carbons (Fsp3) is 0.552. The Balaban J connectivity index is 1.77. The van der Waals surface area contributed by atoms with Crippen molar-refractivity contribution in [3.8, 4) is 0 Å². The molecule has 1 aromatic carbocycles. The highest BCUT2D eigenvalue weighted by Gasteiger charge is 2.48. The number of nitrogens with zero attached hydrogens (tertiary/aromatic N) is 1. The fourth-order valence-electron chi connectivity index (χ4n) is 4.50. The second-order valence-corrected chi connectivity index (χ2v) is 11.0. The second kappa shape index (κ2) is 13.6. The molecule has 0 saturated heterocycles. The molecule has 0 spiro atoms. The van der Waals surface area contributed by atoms with Crippen molar-refractivity contribution in [3.05, 3.63) is 53.4 Å². The number of hydrogen-bond acceptors (Lipinski definition) is 8. The monoisotopic (exact) mass is 541 g/mol. The van der Waals surface area contributed by atoms with Gasteiger partial charge in [0.1, 0.15) is 12.6 Å². The smallest absolute Gasteiger partial charge is 0.274 e. The summed E-state index contributed by atoms with van der Waals surface area (Å²) in [7, 11) is 1.40. The van der Waals surface area contributed by atoms with Gasteiger partial charge in [0.05, 0.1) is 12.6 Å². The van der Waals surface area contributed by atoms with E-state index in [4.69, 9.17) is 14.4 Å². The quantitative estimate of drug-likeness (QED) is 0.294. The third kappa shape index (κ3) is 8.56. The van der Waals surface area contributed by atoms with E-state index in [1.54, 1.807) is 0 Å². The van der Waals surface area contributed by atoms with Gasteiger partial charge in [-0.05, 0) is 37.2 Å². The van der Waals surface area contributed by atoms with Gasteiger partial charge >= 0.3 is 0 Å². The molecule has 1 aliphatic rings. The van der Waals surface area contributed by atoms with Crippen molar-refractivity contribution in [1.29, 1.82) is 0 Å². The topological polar surface area (TPSA) is 148 Å². The zero-order valence-corrected chi connectivity index (χ0v) is 23.1. The predicted molar refractivity (Wildman–Crippen MR) is 143 cm³/mol. The Morgan fingerprint density at radius 1 is 1.10 bits per heavy atom. The Hall–Kier alpha value is -3.37. The molecular weight excluding hydrogens is 502 g/mol. The van der Waals surface area contributed by atoms with Gasteiger partial charge in [-0.1, -0.05) is 56.3 Å². The number of amides is 2. The van der Waals surface area contributed by atoms with Crippen LogP contribution in [0.5, 0.6) is 0 Å². The molecule has 0 aliphatic heterocycles. The zero-order chi connectivity index (χ0) is 28.6. The fourth-order valence-corrected chi connectivity index (χ4v) is 4.50. The number of carbonyl (C=O) groups excluding carboxylic acids is 4. The van der Waals surface area contributed by atoms with E-state index in [1.165, 1.54) is 13.2 Å². The number of aromatic nitrogens is 1. The van der Waals surface area contributed by atoms with Crippen LogP contribution in [0.2, 0.25) is 0 Å². The van der Waals surface area contributed by atoms with E-state index in [9.17, 15) is 19.2 Å². The molecular formula is C29H39N3O7. The third-order valence-electron chi connectivity index (χ3n) is 7.05. The summed E-state index contributed by atoms with van der Waals surface area (Å²) in [5.74, 6) is -1.86. The number of aliphatic hydroxyl groups excluding tert-OH is 1. The first-order valence-electron chi connectivity index (χ1n) is 13.3. The number of hydrogen-bond donors (Lipinski definition) is 3. The van der Waals surface area contributed by atoms with Gasteiger partial charge in [-0.2, -0.15) is 0 Å². The Kier molecular flexibility index (Phi) is 10.5. The van der Waals surface area contributed by atoms with E-state index in [2.05, 4.69) is 15.8 Å². The molecule has 0 radical (unpaired) electrons. The predicted octanol–water partition coefficient (Wildman–Crippen LogP) is 2.63. The number of nitrogens with one attached hydrogen (secondary N) is 2. The van der Waals surface area contributed by atoms with Gasteiger partial charge < -0.3 is 25.0 Å². The van der Waals surface area contributed by atoms with Crippen molar-refractivity contribution >= 4 is 23.4 Å². The molecule has 1 saturated carbocycles. The Morgan fingerprint density at radius 3 is 2.36 bits per heavy atom. The van der Waals surface area contributed by atoms with E-state index >= 15 is 0 Å². The minimum Gasteiger partial charge on any atom is -0.388 e. The maximum atomic E-state index is 13.6. The van der Waals surface area contributed by atoms with E-state index in [0.29, 0.717) is 6.42 Å². The zero-order valence-electron chi connectivity index (χ0n) is 23.1. The summed E-state index contributed by atoms with van der Waals surface area (Å²) in [6.45, 7) is 5.40. The molecule has 0 bridgehead atoms. The summed E-state index contributed by atoms with van der Waals surface area (Å²) in [6, 6.07) is 8.96. The van der Waals surface area contributed by atoms with Gasteiger partial charge in [-0.15, -0.1) is 0 Å². The maximum Gasteiger partial charge on any atom is 0.274 e. The Bertz CT molecular complexity index is 1140. The third-order valence-corrected chi connectivity index (χ3v) is 7.05. The first-order valence-corrected chi connectivity index (χ1v) is 13.3. The highest BCUT2D eigenvalue weighted by Crippen LogP contribution is 2.47. The lowest BCUT2D eigenvalue weighted by molar-refractivity contribution is -0.134. The van der Waals surface area contributed by atoms with Gasteiger partial charge in [0.15, 0.2) is 23.0 Å². The summed E-state index contributed by atoms with van der Waals surface area (Å²) in [5, 5.41) is 18.3. The molecule has 1 aromatic heterocycles. The molecule has 10 heteroatoms. The van der Waals surface area contributed by atoms with E-state index in [-0.39, 0.29) is 48.5 Å². The second-order valence-electron chi connectivity index (χ2n) is 11.0. The number of aliphatic hydroxyl groups is 1. The lowest BCUT2D eigenvalue weighted by Crippen LogP contribution is -2.49. The minimum atomic E-state index is -1.04. The van der Waals surface area contributed by atoms with Crippen LogP contribution in [-0.2, 0) is 32.1 Å². The average molecular weight is 542 g/mol. The summed E-state index contributed by atoms with van der Waals surface area (Å²) in [4.78, 5) is 52.9. The van der Waals surface area contributed by atoms with Crippen LogP contribution in [-0.4, -0.2) is 59.4 Å². The SMILES string of the molecule is COC[C@H](NC(=O)c1cc(CO)on1)C(=O)C[C@@H](Cc1ccccc1)C(=O)N[C@@H](CC(C)C)C(=O)C1(C)CC1. The molecule has 3 N–H and O–H groups in total. The average Bonchev–Trinajstić information content (AvgIpc) is 3.47. The van der Waals surface area contributed by atoms with Crippen LogP contribution in [0.1, 0.15) is 68.3 Å². The molecule has 0 unspecified atom stereocenters. The Labute approximate surface area is 228 Å². The molecule has 39 heavy (non-hydrogen) atoms. The minimum absolute atomic E-state index is 0.0359. The first kappa shape index (κ1) is 30.2. The standard InChI is InChI=1S/C29H39N3O7/c1-18(2)12-22(26(35)29(3)10-11-29)30-27(36)20(13-19-8-6-5-7-9-19)14-25(34)24(17-38-4)31-28(37)23-15-21(16-33)39-32-23/h5-9,15,18,20,22,24,33H,10-14,16-17H2,1-4H3,(H,30,36)(H,31,37)/t20-,22+,24+/m1/s1. The molecule has 1 aliphatic carbocycles. The van der Waals surface area contributed by atoms with Crippen LogP contribution < -0.4 is 10.6 Å². The van der Waals surface area contributed by atoms with Crippen LogP contribution in [0, 0.1) is 17.3 Å². The van der Waals surface area contributed by atoms with Crippen LogP contribution >= 0.6 is 0 Å². The van der Waals surface area contributed by atoms with Crippen LogP contribution in [0.4, 0.5) is 0 Å². The lowest BCUT2D eigenvalue weighted by atomic mass is 9.88. The summed E-state index contributed by atoms with van der Waals surface area (Å²) < 4.78 is 10.0.